The van der Waals surface area contributed by atoms with E-state index in [1.54, 1.807) is 30.3 Å². The van der Waals surface area contributed by atoms with Crippen molar-refractivity contribution in [1.82, 2.24) is 10.6 Å². The Hall–Kier alpha value is -2.41. The first kappa shape index (κ1) is 16.6. The van der Waals surface area contributed by atoms with E-state index in [4.69, 9.17) is 9.84 Å². The first-order valence-electron chi connectivity index (χ1n) is 6.45. The third kappa shape index (κ3) is 6.53. The summed E-state index contributed by atoms with van der Waals surface area (Å²) in [7, 11) is 0. The molecule has 0 bridgehead atoms. The molecule has 0 aliphatic heterocycles. The zero-order valence-electron chi connectivity index (χ0n) is 11.7. The standard InChI is InChI=1S/C14H18N2O5/c1-10(14(19)20)21-8-7-15-12(17)9-16-13(18)11-5-3-2-4-6-11/h2-6,10H,7-9H2,1H3,(H,15,17)(H,16,18)(H,19,20). The van der Waals surface area contributed by atoms with Crippen LogP contribution in [0, 0.1) is 0 Å². The van der Waals surface area contributed by atoms with Gasteiger partial charge in [0.25, 0.3) is 5.91 Å². The fourth-order valence-corrected chi connectivity index (χ4v) is 1.41. The second-order valence-corrected chi connectivity index (χ2v) is 4.25. The maximum Gasteiger partial charge on any atom is 0.332 e. The van der Waals surface area contributed by atoms with Crippen LogP contribution in [0.15, 0.2) is 30.3 Å². The van der Waals surface area contributed by atoms with E-state index in [0.29, 0.717) is 5.56 Å². The summed E-state index contributed by atoms with van der Waals surface area (Å²) in [5.41, 5.74) is 0.476. The summed E-state index contributed by atoms with van der Waals surface area (Å²) < 4.78 is 4.95. The van der Waals surface area contributed by atoms with Gasteiger partial charge in [0.05, 0.1) is 13.2 Å². The molecule has 0 saturated heterocycles. The van der Waals surface area contributed by atoms with Gasteiger partial charge >= 0.3 is 5.97 Å². The quantitative estimate of drug-likeness (QED) is 0.586. The maximum absolute atomic E-state index is 11.7. The van der Waals surface area contributed by atoms with Crippen LogP contribution in [0.25, 0.3) is 0 Å². The number of hydrogen-bond acceptors (Lipinski definition) is 4. The molecular weight excluding hydrogens is 276 g/mol. The SMILES string of the molecule is CC(OCCNC(=O)CNC(=O)c1ccccc1)C(=O)O. The predicted octanol–water partition coefficient (Wildman–Crippen LogP) is 0.0223. The smallest absolute Gasteiger partial charge is 0.332 e. The lowest BCUT2D eigenvalue weighted by Gasteiger charge is -2.09. The molecule has 114 valence electrons. The van der Waals surface area contributed by atoms with Crippen molar-refractivity contribution in [2.45, 2.75) is 13.0 Å². The van der Waals surface area contributed by atoms with Gasteiger partial charge in [0, 0.05) is 12.1 Å². The van der Waals surface area contributed by atoms with Gasteiger partial charge in [0.1, 0.15) is 0 Å². The largest absolute Gasteiger partial charge is 0.479 e. The highest BCUT2D eigenvalue weighted by molar-refractivity contribution is 5.96. The Balaban J connectivity index is 2.17. The van der Waals surface area contributed by atoms with Crippen molar-refractivity contribution < 1.29 is 24.2 Å². The molecule has 21 heavy (non-hydrogen) atoms. The molecule has 1 rings (SSSR count). The number of carbonyl (C=O) groups is 3. The number of rotatable bonds is 8. The molecule has 0 saturated carbocycles. The Morgan fingerprint density at radius 2 is 1.86 bits per heavy atom. The molecule has 0 spiro atoms. The molecule has 0 fully saturated rings. The molecule has 1 aromatic carbocycles. The summed E-state index contributed by atoms with van der Waals surface area (Å²) in [4.78, 5) is 33.6. The molecule has 0 radical (unpaired) electrons. The number of ether oxygens (including phenoxy) is 1. The number of aliphatic carboxylic acids is 1. The highest BCUT2D eigenvalue weighted by Gasteiger charge is 2.11. The highest BCUT2D eigenvalue weighted by atomic mass is 16.5. The zero-order chi connectivity index (χ0) is 15.7. The third-order valence-electron chi connectivity index (χ3n) is 2.59. The number of benzene rings is 1. The average molecular weight is 294 g/mol. The van der Waals surface area contributed by atoms with E-state index in [-0.39, 0.29) is 31.5 Å². The topological polar surface area (TPSA) is 105 Å². The van der Waals surface area contributed by atoms with Gasteiger partial charge in [-0.1, -0.05) is 18.2 Å². The maximum atomic E-state index is 11.7. The molecule has 0 heterocycles. The van der Waals surface area contributed by atoms with E-state index in [0.717, 1.165) is 0 Å². The first-order valence-corrected chi connectivity index (χ1v) is 6.45. The van der Waals surface area contributed by atoms with E-state index >= 15 is 0 Å². The van der Waals surface area contributed by atoms with Crippen LogP contribution in [0.1, 0.15) is 17.3 Å². The summed E-state index contributed by atoms with van der Waals surface area (Å²) >= 11 is 0. The fraction of sp³-hybridized carbons (Fsp3) is 0.357. The summed E-state index contributed by atoms with van der Waals surface area (Å²) in [6.45, 7) is 1.52. The van der Waals surface area contributed by atoms with Crippen molar-refractivity contribution >= 4 is 17.8 Å². The molecule has 1 unspecified atom stereocenters. The van der Waals surface area contributed by atoms with Crippen LogP contribution in [0.5, 0.6) is 0 Å². The fourth-order valence-electron chi connectivity index (χ4n) is 1.41. The molecule has 0 aliphatic rings. The van der Waals surface area contributed by atoms with Crippen LogP contribution < -0.4 is 10.6 Å². The first-order chi connectivity index (χ1) is 10.0. The van der Waals surface area contributed by atoms with Gasteiger partial charge < -0.3 is 20.5 Å². The number of carboxylic acid groups (broad SMARTS) is 1. The van der Waals surface area contributed by atoms with Gasteiger partial charge in [0.15, 0.2) is 6.10 Å². The van der Waals surface area contributed by atoms with Gasteiger partial charge in [-0.25, -0.2) is 4.79 Å². The Bertz CT molecular complexity index is 489. The van der Waals surface area contributed by atoms with E-state index in [2.05, 4.69) is 10.6 Å². The van der Waals surface area contributed by atoms with Gasteiger partial charge in [-0.05, 0) is 19.1 Å². The third-order valence-corrected chi connectivity index (χ3v) is 2.59. The molecule has 0 aromatic heterocycles. The van der Waals surface area contributed by atoms with Gasteiger partial charge in [-0.15, -0.1) is 0 Å². The normalized spacial score (nSPS) is 11.5. The van der Waals surface area contributed by atoms with Crippen molar-refractivity contribution in [2.24, 2.45) is 0 Å². The number of carboxylic acids is 1. The minimum atomic E-state index is -1.06. The Labute approximate surface area is 122 Å². The number of amides is 2. The second-order valence-electron chi connectivity index (χ2n) is 4.25. The summed E-state index contributed by atoms with van der Waals surface area (Å²) in [6, 6.07) is 8.55. The molecule has 3 N–H and O–H groups in total. The minimum Gasteiger partial charge on any atom is -0.479 e. The predicted molar refractivity (Wildman–Crippen MR) is 74.8 cm³/mol. The molecule has 7 heteroatoms. The highest BCUT2D eigenvalue weighted by Crippen LogP contribution is 1.97. The van der Waals surface area contributed by atoms with Gasteiger partial charge in [0.2, 0.25) is 5.91 Å². The second kappa shape index (κ2) is 8.70. The number of carbonyl (C=O) groups excluding carboxylic acids is 2. The lowest BCUT2D eigenvalue weighted by atomic mass is 10.2. The molecule has 2 amide bonds. The van der Waals surface area contributed by atoms with Crippen molar-refractivity contribution in [3.05, 3.63) is 35.9 Å². The van der Waals surface area contributed by atoms with E-state index in [9.17, 15) is 14.4 Å². The summed E-state index contributed by atoms with van der Waals surface area (Å²) in [5, 5.41) is 13.6. The van der Waals surface area contributed by atoms with E-state index in [1.165, 1.54) is 6.92 Å². The lowest BCUT2D eigenvalue weighted by molar-refractivity contribution is -0.148. The molecular formula is C14H18N2O5. The van der Waals surface area contributed by atoms with Gasteiger partial charge in [-0.2, -0.15) is 0 Å². The summed E-state index contributed by atoms with van der Waals surface area (Å²) in [6.07, 6.45) is -0.917. The van der Waals surface area contributed by atoms with Crippen LogP contribution >= 0.6 is 0 Å². The molecule has 0 aliphatic carbocycles. The van der Waals surface area contributed by atoms with Crippen LogP contribution in [-0.4, -0.2) is 48.7 Å². The minimum absolute atomic E-state index is 0.0891. The zero-order valence-corrected chi connectivity index (χ0v) is 11.7. The Morgan fingerprint density at radius 3 is 2.48 bits per heavy atom. The summed E-state index contributed by atoms with van der Waals surface area (Å²) in [5.74, 6) is -1.76. The Morgan fingerprint density at radius 1 is 1.19 bits per heavy atom. The van der Waals surface area contributed by atoms with Crippen LogP contribution in [0.4, 0.5) is 0 Å². The van der Waals surface area contributed by atoms with Crippen LogP contribution in [0.3, 0.4) is 0 Å². The average Bonchev–Trinajstić information content (AvgIpc) is 2.49. The van der Waals surface area contributed by atoms with Crippen molar-refractivity contribution in [2.75, 3.05) is 19.7 Å². The van der Waals surface area contributed by atoms with E-state index in [1.807, 2.05) is 0 Å². The van der Waals surface area contributed by atoms with Crippen molar-refractivity contribution in [3.63, 3.8) is 0 Å². The van der Waals surface area contributed by atoms with Gasteiger partial charge in [-0.3, -0.25) is 9.59 Å². The van der Waals surface area contributed by atoms with Crippen LogP contribution in [-0.2, 0) is 14.3 Å². The Kier molecular flexibility index (Phi) is 6.90. The number of nitrogens with one attached hydrogen (secondary N) is 2. The number of hydrogen-bond donors (Lipinski definition) is 3. The molecule has 1 atom stereocenters. The lowest BCUT2D eigenvalue weighted by Crippen LogP contribution is -2.38. The van der Waals surface area contributed by atoms with Crippen LogP contribution in [0.2, 0.25) is 0 Å². The molecule has 1 aromatic rings. The van der Waals surface area contributed by atoms with E-state index < -0.39 is 12.1 Å². The van der Waals surface area contributed by atoms with Crippen molar-refractivity contribution in [1.29, 1.82) is 0 Å². The van der Waals surface area contributed by atoms with Crippen molar-refractivity contribution in [3.8, 4) is 0 Å². The molecule has 7 nitrogen and oxygen atoms in total. The monoisotopic (exact) mass is 294 g/mol.